The van der Waals surface area contributed by atoms with Gasteiger partial charge in [-0.05, 0) is 52.9 Å². The van der Waals surface area contributed by atoms with Crippen molar-refractivity contribution >= 4 is 17.4 Å². The summed E-state index contributed by atoms with van der Waals surface area (Å²) in [5.74, 6) is -0.490. The SMILES string of the molecule is C=CCOc1ccc(/C(O)=C2/C(=O)C(=O)N(Cc3ccco3)C2c2ccc(C(C)(C)C)cc2)cc1. The van der Waals surface area contributed by atoms with Gasteiger partial charge >= 0.3 is 0 Å². The number of ether oxygens (including phenoxy) is 1. The Bertz CT molecular complexity index is 1250. The summed E-state index contributed by atoms with van der Waals surface area (Å²) in [4.78, 5) is 27.8. The van der Waals surface area contributed by atoms with Gasteiger partial charge in [0, 0.05) is 5.56 Å². The number of furan rings is 1. The summed E-state index contributed by atoms with van der Waals surface area (Å²) in [6.45, 7) is 10.4. The van der Waals surface area contributed by atoms with Gasteiger partial charge in [0.25, 0.3) is 11.7 Å². The highest BCUT2D eigenvalue weighted by atomic mass is 16.5. The molecule has 0 saturated carbocycles. The number of aliphatic hydroxyl groups is 1. The van der Waals surface area contributed by atoms with Crippen molar-refractivity contribution in [2.75, 3.05) is 6.61 Å². The van der Waals surface area contributed by atoms with E-state index in [1.807, 2.05) is 24.3 Å². The van der Waals surface area contributed by atoms with Crippen molar-refractivity contribution < 1.29 is 23.8 Å². The Hall–Kier alpha value is -4.06. The minimum absolute atomic E-state index is 0.0461. The van der Waals surface area contributed by atoms with Crippen LogP contribution in [0.15, 0.2) is 89.6 Å². The fourth-order valence-corrected chi connectivity index (χ4v) is 4.15. The molecule has 1 aliphatic rings. The van der Waals surface area contributed by atoms with Gasteiger partial charge in [-0.2, -0.15) is 0 Å². The topological polar surface area (TPSA) is 80.0 Å². The van der Waals surface area contributed by atoms with Gasteiger partial charge in [0.2, 0.25) is 0 Å². The largest absolute Gasteiger partial charge is 0.507 e. The molecule has 4 rings (SSSR count). The number of likely N-dealkylation sites (tertiary alicyclic amines) is 1. The highest BCUT2D eigenvalue weighted by Gasteiger charge is 2.46. The van der Waals surface area contributed by atoms with Crippen LogP contribution in [-0.2, 0) is 21.5 Å². The molecule has 0 spiro atoms. The molecule has 6 nitrogen and oxygen atoms in total. The zero-order valence-electron chi connectivity index (χ0n) is 20.2. The third-order valence-corrected chi connectivity index (χ3v) is 6.03. The van der Waals surface area contributed by atoms with E-state index in [1.165, 1.54) is 11.2 Å². The predicted molar refractivity (Wildman–Crippen MR) is 134 cm³/mol. The van der Waals surface area contributed by atoms with Gasteiger partial charge in [0.05, 0.1) is 24.4 Å². The second kappa shape index (κ2) is 9.66. The zero-order valence-corrected chi connectivity index (χ0v) is 20.2. The second-order valence-electron chi connectivity index (χ2n) is 9.50. The van der Waals surface area contributed by atoms with Gasteiger partial charge in [-0.3, -0.25) is 9.59 Å². The van der Waals surface area contributed by atoms with Crippen LogP contribution in [0.25, 0.3) is 5.76 Å². The lowest BCUT2D eigenvalue weighted by atomic mass is 9.85. The van der Waals surface area contributed by atoms with E-state index in [-0.39, 0.29) is 23.3 Å². The Morgan fingerprint density at radius 3 is 2.34 bits per heavy atom. The van der Waals surface area contributed by atoms with E-state index in [1.54, 1.807) is 42.5 Å². The Morgan fingerprint density at radius 1 is 1.09 bits per heavy atom. The second-order valence-corrected chi connectivity index (χ2v) is 9.50. The lowest BCUT2D eigenvalue weighted by Gasteiger charge is -2.26. The molecule has 180 valence electrons. The van der Waals surface area contributed by atoms with Crippen molar-refractivity contribution in [3.8, 4) is 5.75 Å². The van der Waals surface area contributed by atoms with Crippen LogP contribution in [0.2, 0.25) is 0 Å². The Kier molecular flexibility index (Phi) is 6.65. The number of Topliss-reactive ketones (excluding diaryl/α,β-unsaturated/α-hetero) is 1. The Balaban J connectivity index is 1.79. The molecule has 1 fully saturated rings. The first kappa shape index (κ1) is 24.1. The Labute approximate surface area is 205 Å². The molecule has 2 aromatic carbocycles. The number of carbonyl (C=O) groups is 2. The van der Waals surface area contributed by atoms with E-state index in [0.29, 0.717) is 23.7 Å². The minimum Gasteiger partial charge on any atom is -0.507 e. The van der Waals surface area contributed by atoms with Crippen LogP contribution >= 0.6 is 0 Å². The van der Waals surface area contributed by atoms with Crippen LogP contribution in [-0.4, -0.2) is 28.3 Å². The van der Waals surface area contributed by atoms with Crippen LogP contribution in [0.3, 0.4) is 0 Å². The van der Waals surface area contributed by atoms with Crippen LogP contribution < -0.4 is 4.74 Å². The van der Waals surface area contributed by atoms with E-state index in [4.69, 9.17) is 9.15 Å². The van der Waals surface area contributed by atoms with Crippen LogP contribution in [0, 0.1) is 0 Å². The van der Waals surface area contributed by atoms with Crippen LogP contribution in [0.4, 0.5) is 0 Å². The number of aliphatic hydroxyl groups excluding tert-OH is 1. The monoisotopic (exact) mass is 471 g/mol. The summed E-state index contributed by atoms with van der Waals surface area (Å²) in [5.41, 5.74) is 2.27. The summed E-state index contributed by atoms with van der Waals surface area (Å²) in [6, 6.07) is 17.2. The average Bonchev–Trinajstić information content (AvgIpc) is 3.44. The van der Waals surface area contributed by atoms with E-state index in [9.17, 15) is 14.7 Å². The summed E-state index contributed by atoms with van der Waals surface area (Å²) in [6.07, 6.45) is 3.16. The summed E-state index contributed by atoms with van der Waals surface area (Å²) < 4.78 is 11.0. The molecule has 1 N–H and O–H groups in total. The standard InChI is InChI=1S/C29H29NO5/c1-5-16-34-22-14-10-20(11-15-22)26(31)24-25(19-8-12-21(13-9-19)29(2,3)4)30(28(33)27(24)32)18-23-7-6-17-35-23/h5-15,17,25,31H,1,16,18H2,2-4H3/b26-24-. The fourth-order valence-electron chi connectivity index (χ4n) is 4.15. The number of rotatable bonds is 7. The molecule has 1 atom stereocenters. The fraction of sp³-hybridized carbons (Fsp3) is 0.241. The Morgan fingerprint density at radius 2 is 1.77 bits per heavy atom. The molecule has 1 aliphatic heterocycles. The number of hydrogen-bond donors (Lipinski definition) is 1. The van der Waals surface area contributed by atoms with Gasteiger partial charge in [0.15, 0.2) is 0 Å². The molecule has 0 aliphatic carbocycles. The zero-order chi connectivity index (χ0) is 25.2. The van der Waals surface area contributed by atoms with Crippen molar-refractivity contribution in [3.63, 3.8) is 0 Å². The maximum atomic E-state index is 13.2. The van der Waals surface area contributed by atoms with E-state index in [0.717, 1.165) is 11.1 Å². The van der Waals surface area contributed by atoms with Gasteiger partial charge in [-0.15, -0.1) is 0 Å². The maximum absolute atomic E-state index is 13.2. The predicted octanol–water partition coefficient (Wildman–Crippen LogP) is 5.76. The minimum atomic E-state index is -0.759. The molecule has 0 bridgehead atoms. The number of nitrogens with zero attached hydrogens (tertiary/aromatic N) is 1. The highest BCUT2D eigenvalue weighted by Crippen LogP contribution is 2.41. The molecular weight excluding hydrogens is 442 g/mol. The molecular formula is C29H29NO5. The molecule has 3 aromatic rings. The van der Waals surface area contributed by atoms with Crippen molar-refractivity contribution in [2.45, 2.75) is 38.8 Å². The first-order chi connectivity index (χ1) is 16.7. The molecule has 1 saturated heterocycles. The van der Waals surface area contributed by atoms with Crippen LogP contribution in [0.5, 0.6) is 5.75 Å². The van der Waals surface area contributed by atoms with Crippen LogP contribution in [0.1, 0.15) is 49.3 Å². The van der Waals surface area contributed by atoms with Crippen molar-refractivity contribution in [3.05, 3.63) is 108 Å². The summed E-state index contributed by atoms with van der Waals surface area (Å²) in [5, 5.41) is 11.2. The van der Waals surface area contributed by atoms with Gasteiger partial charge in [0.1, 0.15) is 23.9 Å². The average molecular weight is 472 g/mol. The highest BCUT2D eigenvalue weighted by molar-refractivity contribution is 6.46. The smallest absolute Gasteiger partial charge is 0.296 e. The van der Waals surface area contributed by atoms with Crippen molar-refractivity contribution in [2.24, 2.45) is 0 Å². The number of benzene rings is 2. The first-order valence-corrected chi connectivity index (χ1v) is 11.5. The van der Waals surface area contributed by atoms with Gasteiger partial charge in [-0.25, -0.2) is 0 Å². The summed E-state index contributed by atoms with van der Waals surface area (Å²) in [7, 11) is 0. The third kappa shape index (κ3) is 4.92. The normalized spacial score (nSPS) is 17.6. The van der Waals surface area contributed by atoms with Gasteiger partial charge < -0.3 is 19.2 Å². The number of hydrogen-bond acceptors (Lipinski definition) is 5. The van der Waals surface area contributed by atoms with E-state index < -0.39 is 17.7 Å². The maximum Gasteiger partial charge on any atom is 0.296 e. The molecule has 0 radical (unpaired) electrons. The van der Waals surface area contributed by atoms with Crippen molar-refractivity contribution in [1.29, 1.82) is 0 Å². The molecule has 6 heteroatoms. The van der Waals surface area contributed by atoms with E-state index >= 15 is 0 Å². The van der Waals surface area contributed by atoms with E-state index in [2.05, 4.69) is 27.4 Å². The molecule has 35 heavy (non-hydrogen) atoms. The third-order valence-electron chi connectivity index (χ3n) is 6.03. The molecule has 1 unspecified atom stereocenters. The number of carbonyl (C=O) groups excluding carboxylic acids is 2. The lowest BCUT2D eigenvalue weighted by Crippen LogP contribution is -2.29. The van der Waals surface area contributed by atoms with Gasteiger partial charge in [-0.1, -0.05) is 57.7 Å². The quantitative estimate of drug-likeness (QED) is 0.205. The molecule has 1 amide bonds. The lowest BCUT2D eigenvalue weighted by molar-refractivity contribution is -0.140. The number of ketones is 1. The van der Waals surface area contributed by atoms with Crippen molar-refractivity contribution in [1.82, 2.24) is 4.90 Å². The molecule has 1 aromatic heterocycles. The first-order valence-electron chi connectivity index (χ1n) is 11.5. The summed E-state index contributed by atoms with van der Waals surface area (Å²) >= 11 is 0. The molecule has 2 heterocycles. The number of amides is 1.